The van der Waals surface area contributed by atoms with Crippen LogP contribution < -0.4 is 15.4 Å². The summed E-state index contributed by atoms with van der Waals surface area (Å²) in [5.41, 5.74) is 2.67. The summed E-state index contributed by atoms with van der Waals surface area (Å²) in [5, 5.41) is 15.0. The summed E-state index contributed by atoms with van der Waals surface area (Å²) in [5.74, 6) is 0.369. The van der Waals surface area contributed by atoms with Crippen molar-refractivity contribution in [2.45, 2.75) is 6.92 Å². The van der Waals surface area contributed by atoms with Gasteiger partial charge in [-0.1, -0.05) is 24.3 Å². The Bertz CT molecular complexity index is 978. The zero-order chi connectivity index (χ0) is 19.1. The number of aromatic nitrogens is 1. The number of benzene rings is 2. The van der Waals surface area contributed by atoms with E-state index in [9.17, 15) is 4.79 Å². The number of nitrogens with one attached hydrogen (secondary N) is 2. The molecule has 134 valence electrons. The normalized spacial score (nSPS) is 9.93. The number of carbonyl (C=O) groups is 1. The summed E-state index contributed by atoms with van der Waals surface area (Å²) in [6.07, 6.45) is 1.58. The van der Waals surface area contributed by atoms with Gasteiger partial charge in [0.05, 0.1) is 35.4 Å². The van der Waals surface area contributed by atoms with Crippen LogP contribution in [0.5, 0.6) is 5.75 Å². The van der Waals surface area contributed by atoms with Crippen molar-refractivity contribution >= 4 is 23.0 Å². The number of nitriles is 1. The van der Waals surface area contributed by atoms with Crippen molar-refractivity contribution in [3.05, 3.63) is 78.1 Å². The van der Waals surface area contributed by atoms with E-state index in [0.717, 1.165) is 17.1 Å². The van der Waals surface area contributed by atoms with Crippen LogP contribution in [0.3, 0.4) is 0 Å². The molecule has 0 bridgehead atoms. The Morgan fingerprint density at radius 2 is 1.81 bits per heavy atom. The molecule has 1 heterocycles. The number of rotatable bonds is 6. The molecule has 0 aliphatic carbocycles. The van der Waals surface area contributed by atoms with Crippen LogP contribution in [-0.2, 0) is 0 Å². The van der Waals surface area contributed by atoms with Gasteiger partial charge in [-0.05, 0) is 43.3 Å². The Balaban J connectivity index is 1.72. The predicted molar refractivity (Wildman–Crippen MR) is 104 cm³/mol. The molecule has 1 aromatic heterocycles. The lowest BCUT2D eigenvalue weighted by atomic mass is 10.2. The quantitative estimate of drug-likeness (QED) is 0.684. The summed E-state index contributed by atoms with van der Waals surface area (Å²) < 4.78 is 5.59. The van der Waals surface area contributed by atoms with Gasteiger partial charge in [-0.2, -0.15) is 5.26 Å². The molecule has 0 spiro atoms. The van der Waals surface area contributed by atoms with E-state index in [0.29, 0.717) is 17.9 Å². The number of anilines is 3. The average molecular weight is 358 g/mol. The fraction of sp³-hybridized carbons (Fsp3) is 0.0952. The lowest BCUT2D eigenvalue weighted by Crippen LogP contribution is -2.14. The molecule has 0 saturated heterocycles. The molecule has 1 amide bonds. The topological polar surface area (TPSA) is 87.0 Å². The second kappa shape index (κ2) is 8.50. The van der Waals surface area contributed by atoms with Crippen molar-refractivity contribution in [2.24, 2.45) is 0 Å². The lowest BCUT2D eigenvalue weighted by molar-refractivity contribution is 0.102. The van der Waals surface area contributed by atoms with Crippen molar-refractivity contribution in [1.29, 1.82) is 5.26 Å². The summed E-state index contributed by atoms with van der Waals surface area (Å²) >= 11 is 0. The molecule has 6 heteroatoms. The third-order valence-electron chi connectivity index (χ3n) is 3.76. The highest BCUT2D eigenvalue weighted by Gasteiger charge is 2.10. The maximum atomic E-state index is 12.4. The SMILES string of the molecule is CCOc1ccccc1Nc1ccc(C(=O)Nc2ccccc2C#N)nc1. The van der Waals surface area contributed by atoms with Crippen LogP contribution in [0.2, 0.25) is 0 Å². The van der Waals surface area contributed by atoms with E-state index in [2.05, 4.69) is 15.6 Å². The van der Waals surface area contributed by atoms with E-state index in [-0.39, 0.29) is 11.6 Å². The zero-order valence-electron chi connectivity index (χ0n) is 14.8. The molecule has 2 aromatic carbocycles. The number of pyridine rings is 1. The molecule has 6 nitrogen and oxygen atoms in total. The number of hydrogen-bond donors (Lipinski definition) is 2. The summed E-state index contributed by atoms with van der Waals surface area (Å²) in [6.45, 7) is 2.50. The highest BCUT2D eigenvalue weighted by Crippen LogP contribution is 2.27. The Kier molecular flexibility index (Phi) is 5.65. The fourth-order valence-corrected chi connectivity index (χ4v) is 2.48. The number of nitrogens with zero attached hydrogens (tertiary/aromatic N) is 2. The maximum Gasteiger partial charge on any atom is 0.274 e. The van der Waals surface area contributed by atoms with E-state index in [4.69, 9.17) is 10.00 Å². The minimum Gasteiger partial charge on any atom is -0.492 e. The number of hydrogen-bond acceptors (Lipinski definition) is 5. The predicted octanol–water partition coefficient (Wildman–Crippen LogP) is 4.35. The van der Waals surface area contributed by atoms with Crippen molar-refractivity contribution in [2.75, 3.05) is 17.2 Å². The van der Waals surface area contributed by atoms with Crippen LogP contribution in [0.15, 0.2) is 66.9 Å². The first kappa shape index (κ1) is 18.0. The van der Waals surface area contributed by atoms with Gasteiger partial charge in [0.25, 0.3) is 5.91 Å². The van der Waals surface area contributed by atoms with Crippen molar-refractivity contribution in [3.63, 3.8) is 0 Å². The van der Waals surface area contributed by atoms with Crippen molar-refractivity contribution < 1.29 is 9.53 Å². The Morgan fingerprint density at radius 3 is 2.52 bits per heavy atom. The van der Waals surface area contributed by atoms with Crippen LogP contribution in [0, 0.1) is 11.3 Å². The molecule has 0 fully saturated rings. The first-order valence-corrected chi connectivity index (χ1v) is 8.46. The van der Waals surface area contributed by atoms with Gasteiger partial charge in [-0.25, -0.2) is 4.98 Å². The molecule has 0 radical (unpaired) electrons. The summed E-state index contributed by atoms with van der Waals surface area (Å²) in [7, 11) is 0. The first-order chi connectivity index (χ1) is 13.2. The van der Waals surface area contributed by atoms with Gasteiger partial charge in [-0.3, -0.25) is 4.79 Å². The van der Waals surface area contributed by atoms with Crippen LogP contribution in [0.1, 0.15) is 23.0 Å². The Labute approximate surface area is 157 Å². The monoisotopic (exact) mass is 358 g/mol. The molecule has 27 heavy (non-hydrogen) atoms. The van der Waals surface area contributed by atoms with E-state index in [1.807, 2.05) is 37.3 Å². The third kappa shape index (κ3) is 4.41. The maximum absolute atomic E-state index is 12.4. The average Bonchev–Trinajstić information content (AvgIpc) is 2.70. The minimum absolute atomic E-state index is 0.256. The summed E-state index contributed by atoms with van der Waals surface area (Å²) in [4.78, 5) is 16.6. The molecule has 0 unspecified atom stereocenters. The summed E-state index contributed by atoms with van der Waals surface area (Å²) in [6, 6.07) is 19.9. The van der Waals surface area contributed by atoms with E-state index < -0.39 is 0 Å². The molecule has 0 aliphatic rings. The Morgan fingerprint density at radius 1 is 1.07 bits per heavy atom. The number of carbonyl (C=O) groups excluding carboxylic acids is 1. The molecule has 0 saturated carbocycles. The Hall–Kier alpha value is -3.85. The highest BCUT2D eigenvalue weighted by molar-refractivity contribution is 6.03. The molecule has 3 aromatic rings. The number of amides is 1. The first-order valence-electron chi connectivity index (χ1n) is 8.46. The van der Waals surface area contributed by atoms with Crippen molar-refractivity contribution in [1.82, 2.24) is 4.98 Å². The van der Waals surface area contributed by atoms with Gasteiger partial charge in [0, 0.05) is 0 Å². The molecule has 0 atom stereocenters. The molecule has 2 N–H and O–H groups in total. The van der Waals surface area contributed by atoms with E-state index >= 15 is 0 Å². The van der Waals surface area contributed by atoms with E-state index in [1.165, 1.54) is 0 Å². The van der Waals surface area contributed by atoms with Crippen molar-refractivity contribution in [3.8, 4) is 11.8 Å². The minimum atomic E-state index is -0.376. The van der Waals surface area contributed by atoms with Gasteiger partial charge in [0.2, 0.25) is 0 Å². The van der Waals surface area contributed by atoms with Gasteiger partial charge in [-0.15, -0.1) is 0 Å². The van der Waals surface area contributed by atoms with Gasteiger partial charge >= 0.3 is 0 Å². The van der Waals surface area contributed by atoms with Gasteiger partial charge in [0.15, 0.2) is 0 Å². The fourth-order valence-electron chi connectivity index (χ4n) is 2.48. The van der Waals surface area contributed by atoms with Crippen LogP contribution >= 0.6 is 0 Å². The molecular formula is C21H18N4O2. The standard InChI is InChI=1S/C21H18N4O2/c1-2-27-20-10-6-5-9-18(20)24-16-11-12-19(23-14-16)21(26)25-17-8-4-3-7-15(17)13-22/h3-12,14,24H,2H2,1H3,(H,25,26). The molecule has 3 rings (SSSR count). The zero-order valence-corrected chi connectivity index (χ0v) is 14.8. The molecular weight excluding hydrogens is 340 g/mol. The van der Waals surface area contributed by atoms with E-state index in [1.54, 1.807) is 42.6 Å². The van der Waals surface area contributed by atoms with Gasteiger partial charge in [0.1, 0.15) is 17.5 Å². The molecule has 0 aliphatic heterocycles. The van der Waals surface area contributed by atoms with Gasteiger partial charge < -0.3 is 15.4 Å². The smallest absolute Gasteiger partial charge is 0.274 e. The largest absolute Gasteiger partial charge is 0.492 e. The van der Waals surface area contributed by atoms with Crippen LogP contribution in [0.4, 0.5) is 17.1 Å². The second-order valence-electron chi connectivity index (χ2n) is 5.60. The van der Waals surface area contributed by atoms with Crippen LogP contribution in [0.25, 0.3) is 0 Å². The highest BCUT2D eigenvalue weighted by atomic mass is 16.5. The van der Waals surface area contributed by atoms with Crippen LogP contribution in [-0.4, -0.2) is 17.5 Å². The number of ether oxygens (including phenoxy) is 1. The number of para-hydroxylation sites is 3. The lowest BCUT2D eigenvalue weighted by Gasteiger charge is -2.12. The third-order valence-corrected chi connectivity index (χ3v) is 3.76. The second-order valence-corrected chi connectivity index (χ2v) is 5.60.